The molecule has 0 saturated heterocycles. The first kappa shape index (κ1) is 21.5. The van der Waals surface area contributed by atoms with E-state index in [1.54, 1.807) is 12.1 Å². The van der Waals surface area contributed by atoms with Crippen LogP contribution < -0.4 is 9.47 Å². The van der Waals surface area contributed by atoms with E-state index in [1.165, 1.54) is 42.5 Å². The van der Waals surface area contributed by atoms with Crippen LogP contribution in [0.3, 0.4) is 0 Å². The summed E-state index contributed by atoms with van der Waals surface area (Å²) in [6, 6.07) is 14.0. The summed E-state index contributed by atoms with van der Waals surface area (Å²) in [4.78, 5) is 0. The molecule has 0 unspecified atom stereocenters. The smallest absolute Gasteiger partial charge is 0.429 e. The molecule has 0 fully saturated rings. The van der Waals surface area contributed by atoms with Crippen LogP contribution in [0.5, 0.6) is 11.5 Å². The zero-order chi connectivity index (χ0) is 21.9. The Kier molecular flexibility index (Phi) is 5.96. The molecule has 30 heavy (non-hydrogen) atoms. The largest absolute Gasteiger partial charge is 0.573 e. The Morgan fingerprint density at radius 3 is 1.87 bits per heavy atom. The molecule has 0 radical (unpaired) electrons. The van der Waals surface area contributed by atoms with E-state index in [2.05, 4.69) is 4.74 Å². The quantitative estimate of drug-likeness (QED) is 0.392. The van der Waals surface area contributed by atoms with Crippen molar-refractivity contribution in [3.63, 3.8) is 0 Å². The first-order valence-corrected chi connectivity index (χ1v) is 8.89. The van der Waals surface area contributed by atoms with E-state index < -0.39 is 24.0 Å². The van der Waals surface area contributed by atoms with Gasteiger partial charge in [-0.2, -0.15) is 8.78 Å². The average Bonchev–Trinajstić information content (AvgIpc) is 2.69. The fourth-order valence-electron chi connectivity index (χ4n) is 2.74. The molecule has 0 saturated carbocycles. The minimum Gasteiger partial charge on any atom is -0.429 e. The Labute approximate surface area is 168 Å². The van der Waals surface area contributed by atoms with E-state index >= 15 is 0 Å². The van der Waals surface area contributed by atoms with Crippen molar-refractivity contribution in [1.82, 2.24) is 0 Å². The molecule has 0 aromatic heterocycles. The predicted octanol–water partition coefficient (Wildman–Crippen LogP) is 7.08. The monoisotopic (exact) mass is 426 g/mol. The van der Waals surface area contributed by atoms with Crippen LogP contribution in [0.25, 0.3) is 11.1 Å². The Hall–Kier alpha value is -3.16. The number of ether oxygens (including phenoxy) is 2. The van der Waals surface area contributed by atoms with Gasteiger partial charge in [0.1, 0.15) is 5.75 Å². The van der Waals surface area contributed by atoms with Crippen LogP contribution in [0.15, 0.2) is 66.7 Å². The zero-order valence-corrected chi connectivity index (χ0v) is 15.6. The Morgan fingerprint density at radius 2 is 1.33 bits per heavy atom. The summed E-state index contributed by atoms with van der Waals surface area (Å²) >= 11 is 0. The third kappa shape index (κ3) is 5.25. The molecule has 0 N–H and O–H groups in total. The van der Waals surface area contributed by atoms with Gasteiger partial charge < -0.3 is 9.47 Å². The fourth-order valence-corrected chi connectivity index (χ4v) is 2.74. The third-order valence-corrected chi connectivity index (χ3v) is 4.29. The summed E-state index contributed by atoms with van der Waals surface area (Å²) in [5.74, 6) is -2.28. The van der Waals surface area contributed by atoms with Gasteiger partial charge >= 0.3 is 12.5 Å². The first-order chi connectivity index (χ1) is 14.1. The maximum Gasteiger partial charge on any atom is 0.573 e. The van der Waals surface area contributed by atoms with Gasteiger partial charge in [-0.15, -0.1) is 13.2 Å². The highest BCUT2D eigenvalue weighted by molar-refractivity contribution is 5.65. The molecule has 0 bridgehead atoms. The molecule has 158 valence electrons. The van der Waals surface area contributed by atoms with Crippen LogP contribution in [0.1, 0.15) is 18.1 Å². The van der Waals surface area contributed by atoms with Crippen molar-refractivity contribution in [3.05, 3.63) is 83.7 Å². The van der Waals surface area contributed by atoms with Crippen molar-refractivity contribution in [1.29, 1.82) is 0 Å². The van der Waals surface area contributed by atoms with Crippen molar-refractivity contribution >= 4 is 0 Å². The first-order valence-electron chi connectivity index (χ1n) is 8.89. The lowest BCUT2D eigenvalue weighted by atomic mass is 10.1. The minimum atomic E-state index is -5.01. The van der Waals surface area contributed by atoms with Crippen LogP contribution in [-0.2, 0) is 12.5 Å². The SMILES string of the molecule is CCc1ccc(C(F)(F)Oc2ccc(-c3ccc(OC(F)(F)F)c(F)c3)cc2)cc1. The summed E-state index contributed by atoms with van der Waals surface area (Å²) in [5.41, 5.74) is 1.26. The minimum absolute atomic E-state index is 0.124. The number of alkyl halides is 5. The maximum atomic E-state index is 14.4. The second-order valence-corrected chi connectivity index (χ2v) is 6.39. The molecule has 3 aromatic rings. The van der Waals surface area contributed by atoms with Gasteiger partial charge in [-0.05, 0) is 59.5 Å². The molecule has 3 rings (SSSR count). The van der Waals surface area contributed by atoms with Crippen LogP contribution in [0.4, 0.5) is 26.3 Å². The van der Waals surface area contributed by atoms with Gasteiger partial charge in [-0.1, -0.05) is 37.3 Å². The molecule has 0 aliphatic heterocycles. The van der Waals surface area contributed by atoms with Crippen LogP contribution >= 0.6 is 0 Å². The molecular weight excluding hydrogens is 410 g/mol. The number of hydrogen-bond acceptors (Lipinski definition) is 2. The number of hydrogen-bond donors (Lipinski definition) is 0. The van der Waals surface area contributed by atoms with Gasteiger partial charge in [0, 0.05) is 0 Å². The number of halogens is 6. The van der Waals surface area contributed by atoms with Gasteiger partial charge in [-0.3, -0.25) is 0 Å². The van der Waals surface area contributed by atoms with Gasteiger partial charge in [-0.25, -0.2) is 4.39 Å². The molecular formula is C22H16F6O2. The van der Waals surface area contributed by atoms with Crippen molar-refractivity contribution in [3.8, 4) is 22.6 Å². The summed E-state index contributed by atoms with van der Waals surface area (Å²) in [7, 11) is 0. The van der Waals surface area contributed by atoms with E-state index in [-0.39, 0.29) is 16.9 Å². The van der Waals surface area contributed by atoms with Crippen molar-refractivity contribution < 1.29 is 35.8 Å². The molecule has 0 atom stereocenters. The molecule has 8 heteroatoms. The van der Waals surface area contributed by atoms with E-state index in [0.29, 0.717) is 5.56 Å². The normalized spacial score (nSPS) is 12.0. The lowest BCUT2D eigenvalue weighted by Crippen LogP contribution is -2.21. The molecule has 0 amide bonds. The second-order valence-electron chi connectivity index (χ2n) is 6.39. The van der Waals surface area contributed by atoms with Crippen LogP contribution in [-0.4, -0.2) is 6.36 Å². The van der Waals surface area contributed by atoms with E-state index in [0.717, 1.165) is 24.1 Å². The lowest BCUT2D eigenvalue weighted by molar-refractivity contribution is -0.275. The Morgan fingerprint density at radius 1 is 0.733 bits per heavy atom. The molecule has 3 aromatic carbocycles. The summed E-state index contributed by atoms with van der Waals surface area (Å²) < 4.78 is 87.6. The standard InChI is InChI=1S/C22H16F6O2/c1-2-14-3-8-17(9-4-14)21(24,25)29-18-10-5-15(6-11-18)16-7-12-20(19(23)13-16)30-22(26,27)28/h3-13H,2H2,1H3. The molecule has 2 nitrogen and oxygen atoms in total. The molecule has 0 aliphatic rings. The van der Waals surface area contributed by atoms with Gasteiger partial charge in [0.05, 0.1) is 5.56 Å². The number of benzene rings is 3. The third-order valence-electron chi connectivity index (χ3n) is 4.29. The summed E-state index contributed by atoms with van der Waals surface area (Å²) in [6.07, 6.45) is -7.85. The van der Waals surface area contributed by atoms with Crippen LogP contribution in [0.2, 0.25) is 0 Å². The van der Waals surface area contributed by atoms with E-state index in [1.807, 2.05) is 6.92 Å². The maximum absolute atomic E-state index is 14.4. The Balaban J connectivity index is 1.75. The molecule has 0 heterocycles. The highest BCUT2D eigenvalue weighted by Crippen LogP contribution is 2.34. The summed E-state index contributed by atoms with van der Waals surface area (Å²) in [6.45, 7) is 1.91. The van der Waals surface area contributed by atoms with E-state index in [9.17, 15) is 26.3 Å². The highest BCUT2D eigenvalue weighted by atomic mass is 19.4. The van der Waals surface area contributed by atoms with Crippen molar-refractivity contribution in [2.75, 3.05) is 0 Å². The Bertz CT molecular complexity index is 996. The predicted molar refractivity (Wildman–Crippen MR) is 98.9 cm³/mol. The molecule has 0 aliphatic carbocycles. The van der Waals surface area contributed by atoms with Crippen molar-refractivity contribution in [2.24, 2.45) is 0 Å². The molecule has 0 spiro atoms. The van der Waals surface area contributed by atoms with Crippen LogP contribution in [0, 0.1) is 5.82 Å². The number of aryl methyl sites for hydroxylation is 1. The fraction of sp³-hybridized carbons (Fsp3) is 0.182. The van der Waals surface area contributed by atoms with Gasteiger partial charge in [0.25, 0.3) is 0 Å². The van der Waals surface area contributed by atoms with Gasteiger partial charge in [0.2, 0.25) is 0 Å². The van der Waals surface area contributed by atoms with E-state index in [4.69, 9.17) is 4.74 Å². The zero-order valence-electron chi connectivity index (χ0n) is 15.6. The van der Waals surface area contributed by atoms with Gasteiger partial charge in [0.15, 0.2) is 11.6 Å². The number of rotatable bonds is 6. The second kappa shape index (κ2) is 8.30. The average molecular weight is 426 g/mol. The lowest BCUT2D eigenvalue weighted by Gasteiger charge is -2.19. The summed E-state index contributed by atoms with van der Waals surface area (Å²) in [5, 5.41) is 0. The topological polar surface area (TPSA) is 18.5 Å². The highest BCUT2D eigenvalue weighted by Gasteiger charge is 2.34. The van der Waals surface area contributed by atoms with Crippen molar-refractivity contribution in [2.45, 2.75) is 25.8 Å².